The highest BCUT2D eigenvalue weighted by Gasteiger charge is 2.27. The van der Waals surface area contributed by atoms with Gasteiger partial charge in [0.25, 0.3) is 0 Å². The second-order valence-electron chi connectivity index (χ2n) is 5.10. The van der Waals surface area contributed by atoms with E-state index in [9.17, 15) is 0 Å². The Bertz CT molecular complexity index is 262. The summed E-state index contributed by atoms with van der Waals surface area (Å²) in [6, 6.07) is 0.486. The van der Waals surface area contributed by atoms with E-state index >= 15 is 0 Å². The second-order valence-corrected chi connectivity index (χ2v) is 6.33. The molecule has 1 N–H and O–H groups in total. The van der Waals surface area contributed by atoms with Crippen LogP contribution in [0.1, 0.15) is 27.2 Å². The molecule has 0 aromatic rings. The molecule has 2 rings (SSSR count). The van der Waals surface area contributed by atoms with Crippen LogP contribution in [0.5, 0.6) is 0 Å². The summed E-state index contributed by atoms with van der Waals surface area (Å²) in [5, 5.41) is 5.34. The highest BCUT2D eigenvalue weighted by molar-refractivity contribution is 8.14. The Morgan fingerprint density at radius 1 is 1.44 bits per heavy atom. The minimum absolute atomic E-state index is 0.486. The summed E-state index contributed by atoms with van der Waals surface area (Å²) >= 11 is 1.90. The van der Waals surface area contributed by atoms with Crippen LogP contribution in [0.4, 0.5) is 0 Å². The lowest BCUT2D eigenvalue weighted by molar-refractivity contribution is 0.180. The SMILES string of the molecule is CC(C)C1CN=C(NC(C)C2CCOC2)S1. The maximum Gasteiger partial charge on any atom is 0.157 e. The molecular formula is C12H22N2OS. The van der Waals surface area contributed by atoms with Gasteiger partial charge in [0, 0.05) is 23.8 Å². The van der Waals surface area contributed by atoms with Crippen molar-refractivity contribution < 1.29 is 4.74 Å². The molecule has 0 bridgehead atoms. The Hall–Kier alpha value is -0.220. The van der Waals surface area contributed by atoms with Gasteiger partial charge in [-0.15, -0.1) is 0 Å². The first-order valence-corrected chi connectivity index (χ1v) is 7.10. The van der Waals surface area contributed by atoms with Gasteiger partial charge < -0.3 is 10.1 Å². The Balaban J connectivity index is 1.77. The van der Waals surface area contributed by atoms with E-state index < -0.39 is 0 Å². The van der Waals surface area contributed by atoms with Crippen molar-refractivity contribution in [1.82, 2.24) is 5.32 Å². The van der Waals surface area contributed by atoms with E-state index in [4.69, 9.17) is 4.74 Å². The van der Waals surface area contributed by atoms with Gasteiger partial charge >= 0.3 is 0 Å². The lowest BCUT2D eigenvalue weighted by Crippen LogP contribution is -2.36. The van der Waals surface area contributed by atoms with Gasteiger partial charge in [0.2, 0.25) is 0 Å². The van der Waals surface area contributed by atoms with Crippen LogP contribution in [0.15, 0.2) is 4.99 Å². The predicted octanol–water partition coefficient (Wildman–Crippen LogP) is 2.13. The van der Waals surface area contributed by atoms with Gasteiger partial charge in [-0.1, -0.05) is 25.6 Å². The fourth-order valence-corrected chi connectivity index (χ4v) is 3.19. The third-order valence-corrected chi connectivity index (χ3v) is 4.91. The van der Waals surface area contributed by atoms with Crippen molar-refractivity contribution in [2.45, 2.75) is 38.5 Å². The zero-order valence-electron chi connectivity index (χ0n) is 10.4. The number of nitrogens with one attached hydrogen (secondary N) is 1. The topological polar surface area (TPSA) is 33.6 Å². The molecule has 16 heavy (non-hydrogen) atoms. The van der Waals surface area contributed by atoms with Gasteiger partial charge in [-0.25, -0.2) is 0 Å². The lowest BCUT2D eigenvalue weighted by Gasteiger charge is -2.20. The number of hydrogen-bond acceptors (Lipinski definition) is 4. The molecule has 4 heteroatoms. The molecule has 92 valence electrons. The average Bonchev–Trinajstić information content (AvgIpc) is 2.87. The van der Waals surface area contributed by atoms with Crippen LogP contribution in [0.2, 0.25) is 0 Å². The van der Waals surface area contributed by atoms with Gasteiger partial charge in [0.1, 0.15) is 0 Å². The minimum atomic E-state index is 0.486. The highest BCUT2D eigenvalue weighted by atomic mass is 32.2. The van der Waals surface area contributed by atoms with Crippen molar-refractivity contribution in [3.63, 3.8) is 0 Å². The number of hydrogen-bond donors (Lipinski definition) is 1. The summed E-state index contributed by atoms with van der Waals surface area (Å²) in [6.07, 6.45) is 1.18. The van der Waals surface area contributed by atoms with E-state index in [0.29, 0.717) is 23.1 Å². The Morgan fingerprint density at radius 3 is 2.81 bits per heavy atom. The second kappa shape index (κ2) is 5.41. The third kappa shape index (κ3) is 2.92. The summed E-state index contributed by atoms with van der Waals surface area (Å²) in [5.41, 5.74) is 0. The zero-order valence-corrected chi connectivity index (χ0v) is 11.2. The van der Waals surface area contributed by atoms with E-state index in [0.717, 1.165) is 24.9 Å². The van der Waals surface area contributed by atoms with Crippen molar-refractivity contribution >= 4 is 16.9 Å². The maximum atomic E-state index is 5.42. The van der Waals surface area contributed by atoms with Crippen LogP contribution in [-0.4, -0.2) is 36.2 Å². The molecule has 0 aromatic heterocycles. The molecule has 3 nitrogen and oxygen atoms in total. The van der Waals surface area contributed by atoms with Gasteiger partial charge in [0.15, 0.2) is 5.17 Å². The monoisotopic (exact) mass is 242 g/mol. The number of ether oxygens (including phenoxy) is 1. The fraction of sp³-hybridized carbons (Fsp3) is 0.917. The number of nitrogens with zero attached hydrogens (tertiary/aromatic N) is 1. The van der Waals surface area contributed by atoms with Crippen LogP contribution in [-0.2, 0) is 4.74 Å². The van der Waals surface area contributed by atoms with Crippen molar-refractivity contribution in [3.05, 3.63) is 0 Å². The lowest BCUT2D eigenvalue weighted by atomic mass is 10.0. The Kier molecular flexibility index (Phi) is 4.14. The van der Waals surface area contributed by atoms with E-state index in [1.807, 2.05) is 11.8 Å². The number of amidine groups is 1. The first-order valence-electron chi connectivity index (χ1n) is 6.22. The average molecular weight is 242 g/mol. The molecule has 1 fully saturated rings. The van der Waals surface area contributed by atoms with E-state index in [-0.39, 0.29) is 0 Å². The molecule has 0 aromatic carbocycles. The summed E-state index contributed by atoms with van der Waals surface area (Å²) in [4.78, 5) is 4.58. The van der Waals surface area contributed by atoms with Crippen LogP contribution >= 0.6 is 11.8 Å². The molecule has 2 aliphatic heterocycles. The summed E-state index contributed by atoms with van der Waals surface area (Å²) in [5.74, 6) is 1.36. The highest BCUT2D eigenvalue weighted by Crippen LogP contribution is 2.27. The van der Waals surface area contributed by atoms with Crippen LogP contribution < -0.4 is 5.32 Å². The van der Waals surface area contributed by atoms with Crippen molar-refractivity contribution in [2.24, 2.45) is 16.8 Å². The molecule has 3 atom stereocenters. The van der Waals surface area contributed by atoms with E-state index in [1.165, 1.54) is 6.42 Å². The first kappa shape index (κ1) is 12.2. The molecule has 2 aliphatic rings. The largest absolute Gasteiger partial charge is 0.381 e. The van der Waals surface area contributed by atoms with Gasteiger partial charge in [-0.2, -0.15) is 0 Å². The first-order chi connectivity index (χ1) is 7.66. The molecule has 0 aliphatic carbocycles. The molecule has 0 radical (unpaired) electrons. The fourth-order valence-electron chi connectivity index (χ4n) is 2.08. The summed E-state index contributed by atoms with van der Waals surface area (Å²) in [6.45, 7) is 9.57. The predicted molar refractivity (Wildman–Crippen MR) is 70.0 cm³/mol. The van der Waals surface area contributed by atoms with Crippen LogP contribution in [0.25, 0.3) is 0 Å². The van der Waals surface area contributed by atoms with Crippen molar-refractivity contribution in [3.8, 4) is 0 Å². The smallest absolute Gasteiger partial charge is 0.157 e. The normalized spacial score (nSPS) is 31.9. The summed E-state index contributed by atoms with van der Waals surface area (Å²) < 4.78 is 5.42. The van der Waals surface area contributed by atoms with E-state index in [1.54, 1.807) is 0 Å². The summed E-state index contributed by atoms with van der Waals surface area (Å²) in [7, 11) is 0. The molecule has 3 unspecified atom stereocenters. The van der Waals surface area contributed by atoms with Crippen molar-refractivity contribution in [1.29, 1.82) is 0 Å². The third-order valence-electron chi connectivity index (χ3n) is 3.44. The Labute approximate surface area is 102 Å². The van der Waals surface area contributed by atoms with Crippen molar-refractivity contribution in [2.75, 3.05) is 19.8 Å². The number of rotatable bonds is 3. The molecular weight excluding hydrogens is 220 g/mol. The van der Waals surface area contributed by atoms with Gasteiger partial charge in [-0.3, -0.25) is 4.99 Å². The number of aliphatic imine (C=N–C) groups is 1. The quantitative estimate of drug-likeness (QED) is 0.823. The number of thioether (sulfide) groups is 1. The van der Waals surface area contributed by atoms with Gasteiger partial charge in [0.05, 0.1) is 13.2 Å². The molecule has 0 spiro atoms. The molecule has 2 heterocycles. The molecule has 0 saturated carbocycles. The van der Waals surface area contributed by atoms with E-state index in [2.05, 4.69) is 31.1 Å². The molecule has 0 amide bonds. The standard InChI is InChI=1S/C12H22N2OS/c1-8(2)11-6-13-12(16-11)14-9(3)10-4-5-15-7-10/h8-11H,4-7H2,1-3H3,(H,13,14). The minimum Gasteiger partial charge on any atom is -0.381 e. The Morgan fingerprint density at radius 2 is 2.25 bits per heavy atom. The van der Waals surface area contributed by atoms with Gasteiger partial charge in [-0.05, 0) is 19.3 Å². The zero-order chi connectivity index (χ0) is 11.5. The van der Waals surface area contributed by atoms with Crippen LogP contribution in [0, 0.1) is 11.8 Å². The molecule has 1 saturated heterocycles. The van der Waals surface area contributed by atoms with Crippen LogP contribution in [0.3, 0.4) is 0 Å². The maximum absolute atomic E-state index is 5.42.